The van der Waals surface area contributed by atoms with E-state index in [0.29, 0.717) is 0 Å². The quantitative estimate of drug-likeness (QED) is 0.834. The van der Waals surface area contributed by atoms with E-state index in [9.17, 15) is 5.11 Å². The zero-order valence-corrected chi connectivity index (χ0v) is 10.0. The maximum absolute atomic E-state index is 9.37. The van der Waals surface area contributed by atoms with Gasteiger partial charge in [0.2, 0.25) is 0 Å². The van der Waals surface area contributed by atoms with Crippen molar-refractivity contribution >= 4 is 12.4 Å². The first-order valence-electron chi connectivity index (χ1n) is 4.64. The van der Waals surface area contributed by atoms with Crippen LogP contribution in [0.3, 0.4) is 0 Å². The molecule has 0 bridgehead atoms. The third-order valence-corrected chi connectivity index (χ3v) is 2.36. The smallest absolute Gasteiger partial charge is 0.119 e. The lowest BCUT2D eigenvalue weighted by molar-refractivity contribution is 0.164. The molecule has 0 fully saturated rings. The van der Waals surface area contributed by atoms with Gasteiger partial charge < -0.3 is 15.6 Å². The van der Waals surface area contributed by atoms with Crippen molar-refractivity contribution in [1.29, 1.82) is 0 Å². The van der Waals surface area contributed by atoms with Crippen molar-refractivity contribution in [1.82, 2.24) is 0 Å². The van der Waals surface area contributed by atoms with E-state index in [1.807, 2.05) is 25.1 Å². The molecule has 0 radical (unpaired) electrons. The minimum Gasteiger partial charge on any atom is -0.497 e. The van der Waals surface area contributed by atoms with E-state index in [4.69, 9.17) is 10.5 Å². The van der Waals surface area contributed by atoms with Crippen LogP contribution in [-0.2, 0) is 0 Å². The molecule has 0 heterocycles. The number of ether oxygens (including phenoxy) is 1. The molecular weight excluding hydrogens is 214 g/mol. The fourth-order valence-electron chi connectivity index (χ4n) is 1.41. The number of methoxy groups -OCH3 is 1. The van der Waals surface area contributed by atoms with Crippen molar-refractivity contribution < 1.29 is 9.84 Å². The Kier molecular flexibility index (Phi) is 5.65. The SMILES string of the molecule is COc1ccc([C@@H](N)[C@H](C)O)c(C)c1.Cl. The number of hydrogen-bond acceptors (Lipinski definition) is 3. The molecule has 15 heavy (non-hydrogen) atoms. The zero-order chi connectivity index (χ0) is 10.7. The van der Waals surface area contributed by atoms with Crippen LogP contribution in [0.2, 0.25) is 0 Å². The summed E-state index contributed by atoms with van der Waals surface area (Å²) in [7, 11) is 1.63. The van der Waals surface area contributed by atoms with E-state index in [1.54, 1.807) is 14.0 Å². The van der Waals surface area contributed by atoms with E-state index < -0.39 is 6.10 Å². The lowest BCUT2D eigenvalue weighted by Gasteiger charge is -2.17. The second-order valence-corrected chi connectivity index (χ2v) is 3.49. The molecule has 0 aliphatic carbocycles. The first-order chi connectivity index (χ1) is 6.56. The number of hydrogen-bond donors (Lipinski definition) is 2. The molecule has 3 nitrogen and oxygen atoms in total. The van der Waals surface area contributed by atoms with Crippen molar-refractivity contribution in [3.05, 3.63) is 29.3 Å². The number of aliphatic hydroxyl groups excluding tert-OH is 1. The largest absolute Gasteiger partial charge is 0.497 e. The van der Waals surface area contributed by atoms with Gasteiger partial charge in [0.1, 0.15) is 5.75 Å². The van der Waals surface area contributed by atoms with Crippen LogP contribution in [0.4, 0.5) is 0 Å². The lowest BCUT2D eigenvalue weighted by atomic mass is 9.98. The summed E-state index contributed by atoms with van der Waals surface area (Å²) in [6.07, 6.45) is -0.540. The Balaban J connectivity index is 0.00000196. The lowest BCUT2D eigenvalue weighted by Crippen LogP contribution is -2.23. The van der Waals surface area contributed by atoms with Crippen LogP contribution in [0.1, 0.15) is 24.1 Å². The Morgan fingerprint density at radius 1 is 1.40 bits per heavy atom. The van der Waals surface area contributed by atoms with E-state index in [1.165, 1.54) is 0 Å². The maximum atomic E-state index is 9.37. The molecule has 0 saturated carbocycles. The average molecular weight is 232 g/mol. The predicted octanol–water partition coefficient (Wildman–Crippen LogP) is 1.81. The third-order valence-electron chi connectivity index (χ3n) is 2.36. The number of benzene rings is 1. The highest BCUT2D eigenvalue weighted by molar-refractivity contribution is 5.85. The van der Waals surface area contributed by atoms with Gasteiger partial charge >= 0.3 is 0 Å². The van der Waals surface area contributed by atoms with Gasteiger partial charge in [-0.1, -0.05) is 6.07 Å². The van der Waals surface area contributed by atoms with E-state index in [-0.39, 0.29) is 18.4 Å². The third kappa shape index (κ3) is 3.38. The summed E-state index contributed by atoms with van der Waals surface area (Å²) in [6, 6.07) is 5.33. The summed E-state index contributed by atoms with van der Waals surface area (Å²) >= 11 is 0. The van der Waals surface area contributed by atoms with Gasteiger partial charge in [-0.15, -0.1) is 12.4 Å². The van der Waals surface area contributed by atoms with Crippen molar-refractivity contribution in [2.75, 3.05) is 7.11 Å². The molecule has 0 aliphatic heterocycles. The van der Waals surface area contributed by atoms with Crippen LogP contribution >= 0.6 is 12.4 Å². The number of aliphatic hydroxyl groups is 1. The normalized spacial score (nSPS) is 13.9. The Labute approximate surface area is 96.7 Å². The molecule has 86 valence electrons. The summed E-state index contributed by atoms with van der Waals surface area (Å²) in [5, 5.41) is 9.37. The van der Waals surface area contributed by atoms with Gasteiger partial charge in [0.05, 0.1) is 19.3 Å². The summed E-state index contributed by atoms with van der Waals surface area (Å²) in [4.78, 5) is 0. The van der Waals surface area contributed by atoms with Crippen LogP contribution in [0.25, 0.3) is 0 Å². The van der Waals surface area contributed by atoms with E-state index >= 15 is 0 Å². The molecule has 0 saturated heterocycles. The molecule has 0 unspecified atom stereocenters. The average Bonchev–Trinajstić information content (AvgIpc) is 2.16. The van der Waals surface area contributed by atoms with Crippen molar-refractivity contribution in [3.8, 4) is 5.75 Å². The Morgan fingerprint density at radius 2 is 2.00 bits per heavy atom. The van der Waals surface area contributed by atoms with E-state index in [2.05, 4.69) is 0 Å². The van der Waals surface area contributed by atoms with Gasteiger partial charge in [0, 0.05) is 0 Å². The van der Waals surface area contributed by atoms with Gasteiger partial charge in [-0.3, -0.25) is 0 Å². The van der Waals surface area contributed by atoms with E-state index in [0.717, 1.165) is 16.9 Å². The number of halogens is 1. The van der Waals surface area contributed by atoms with Crippen LogP contribution in [0.15, 0.2) is 18.2 Å². The summed E-state index contributed by atoms with van der Waals surface area (Å²) in [6.45, 7) is 3.65. The standard InChI is InChI=1S/C11H17NO2.ClH/c1-7-6-9(14-3)4-5-10(7)11(12)8(2)13;/h4-6,8,11,13H,12H2,1-3H3;1H/t8-,11-;/m0./s1. The predicted molar refractivity (Wildman–Crippen MR) is 63.6 cm³/mol. The fraction of sp³-hybridized carbons (Fsp3) is 0.455. The second kappa shape index (κ2) is 5.95. The van der Waals surface area contributed by atoms with Crippen molar-refractivity contribution in [2.24, 2.45) is 5.73 Å². The zero-order valence-electron chi connectivity index (χ0n) is 9.23. The molecule has 0 aromatic heterocycles. The minimum absolute atomic E-state index is 0. The highest BCUT2D eigenvalue weighted by atomic mass is 35.5. The Bertz CT molecular complexity index is 315. The highest BCUT2D eigenvalue weighted by Gasteiger charge is 2.14. The van der Waals surface area contributed by atoms with Gasteiger partial charge in [0.25, 0.3) is 0 Å². The van der Waals surface area contributed by atoms with Crippen molar-refractivity contribution in [3.63, 3.8) is 0 Å². The summed E-state index contributed by atoms with van der Waals surface area (Å²) in [5.74, 6) is 0.809. The molecule has 1 aromatic rings. The number of rotatable bonds is 3. The van der Waals surface area contributed by atoms with Gasteiger partial charge in [0.15, 0.2) is 0 Å². The van der Waals surface area contributed by atoms with Crippen molar-refractivity contribution in [2.45, 2.75) is 26.0 Å². The first kappa shape index (κ1) is 14.2. The first-order valence-corrected chi connectivity index (χ1v) is 4.64. The highest BCUT2D eigenvalue weighted by Crippen LogP contribution is 2.22. The molecule has 0 amide bonds. The van der Waals surface area contributed by atoms with Gasteiger partial charge in [-0.2, -0.15) is 0 Å². The molecule has 0 aliphatic rings. The van der Waals surface area contributed by atoms with Crippen LogP contribution in [-0.4, -0.2) is 18.3 Å². The topological polar surface area (TPSA) is 55.5 Å². The monoisotopic (exact) mass is 231 g/mol. The van der Waals surface area contributed by atoms with Crippen LogP contribution in [0, 0.1) is 6.92 Å². The molecule has 1 aromatic carbocycles. The number of aryl methyl sites for hydroxylation is 1. The molecule has 0 spiro atoms. The molecule has 4 heteroatoms. The molecular formula is C11H18ClNO2. The maximum Gasteiger partial charge on any atom is 0.119 e. The Morgan fingerprint density at radius 3 is 2.40 bits per heavy atom. The molecule has 1 rings (SSSR count). The second-order valence-electron chi connectivity index (χ2n) is 3.49. The van der Waals surface area contributed by atoms with Gasteiger partial charge in [-0.25, -0.2) is 0 Å². The number of nitrogens with two attached hydrogens (primary N) is 1. The summed E-state index contributed by atoms with van der Waals surface area (Å²) < 4.78 is 5.09. The summed E-state index contributed by atoms with van der Waals surface area (Å²) in [5.41, 5.74) is 7.84. The van der Waals surface area contributed by atoms with Crippen LogP contribution in [0.5, 0.6) is 5.75 Å². The van der Waals surface area contributed by atoms with Gasteiger partial charge in [-0.05, 0) is 37.1 Å². The molecule has 2 atom stereocenters. The fourth-order valence-corrected chi connectivity index (χ4v) is 1.41. The Hall–Kier alpha value is -0.770. The minimum atomic E-state index is -0.540. The molecule has 3 N–H and O–H groups in total. The van der Waals surface area contributed by atoms with Crippen LogP contribution < -0.4 is 10.5 Å².